The number of unbranched alkanes of at least 4 members (excludes halogenated alkanes) is 3. The van der Waals surface area contributed by atoms with E-state index >= 15 is 0 Å². The van der Waals surface area contributed by atoms with Gasteiger partial charge < -0.3 is 9.84 Å². The monoisotopic (exact) mass is 422 g/mol. The lowest BCUT2D eigenvalue weighted by atomic mass is 9.79. The second-order valence-corrected chi connectivity index (χ2v) is 11.6. The Labute approximate surface area is 183 Å². The lowest BCUT2D eigenvalue weighted by Crippen LogP contribution is -2.19. The van der Waals surface area contributed by atoms with E-state index < -0.39 is 5.97 Å². The van der Waals surface area contributed by atoms with Gasteiger partial charge in [-0.15, -0.1) is 0 Å². The number of carbonyl (C=O) groups excluding carboxylic acids is 1. The van der Waals surface area contributed by atoms with Crippen molar-refractivity contribution >= 4 is 17.7 Å². The standard InChI is InChI=1S/C25H42O3S/c1-9-10-11-12-13-18(2)29-15-14-28-23(27)20-16-19(24(3,4)5)17-21(22(20)26)25(6,7)8/h16-18,26H,9-15H2,1-8H3. The van der Waals surface area contributed by atoms with Crippen molar-refractivity contribution in [1.82, 2.24) is 0 Å². The second kappa shape index (κ2) is 11.3. The number of aromatic hydroxyl groups is 1. The Kier molecular flexibility index (Phi) is 10.1. The predicted octanol–water partition coefficient (Wildman–Crippen LogP) is 7.24. The number of rotatable bonds is 10. The smallest absolute Gasteiger partial charge is 0.341 e. The summed E-state index contributed by atoms with van der Waals surface area (Å²) < 4.78 is 5.52. The van der Waals surface area contributed by atoms with Crippen LogP contribution >= 0.6 is 11.8 Å². The summed E-state index contributed by atoms with van der Waals surface area (Å²) in [7, 11) is 0. The zero-order chi connectivity index (χ0) is 22.2. The third-order valence-corrected chi connectivity index (χ3v) is 6.39. The molecule has 0 saturated carbocycles. The molecule has 1 aromatic rings. The minimum Gasteiger partial charge on any atom is -0.507 e. The number of phenols is 1. The van der Waals surface area contributed by atoms with Crippen LogP contribution in [0.4, 0.5) is 0 Å². The van der Waals surface area contributed by atoms with Gasteiger partial charge in [0.2, 0.25) is 0 Å². The number of phenolic OH excluding ortho intramolecular Hbond substituents is 1. The molecule has 0 heterocycles. The van der Waals surface area contributed by atoms with Crippen LogP contribution in [0.1, 0.15) is 109 Å². The summed E-state index contributed by atoms with van der Waals surface area (Å²) in [5, 5.41) is 11.3. The third kappa shape index (κ3) is 8.62. The van der Waals surface area contributed by atoms with Gasteiger partial charge in [-0.3, -0.25) is 0 Å². The molecule has 0 aliphatic rings. The van der Waals surface area contributed by atoms with Gasteiger partial charge in [0.1, 0.15) is 17.9 Å². The van der Waals surface area contributed by atoms with Crippen molar-refractivity contribution in [1.29, 1.82) is 0 Å². The molecule has 0 bridgehead atoms. The Hall–Kier alpha value is -1.16. The Bertz CT molecular complexity index is 653. The number of benzene rings is 1. The van der Waals surface area contributed by atoms with Crippen LogP contribution in [-0.2, 0) is 15.6 Å². The molecule has 1 N–H and O–H groups in total. The topological polar surface area (TPSA) is 46.5 Å². The Morgan fingerprint density at radius 2 is 1.72 bits per heavy atom. The molecule has 166 valence electrons. The van der Waals surface area contributed by atoms with Crippen LogP contribution in [0.5, 0.6) is 5.75 Å². The fraction of sp³-hybridized carbons (Fsp3) is 0.720. The van der Waals surface area contributed by atoms with Crippen LogP contribution in [0.15, 0.2) is 12.1 Å². The molecule has 0 amide bonds. The van der Waals surface area contributed by atoms with Crippen molar-refractivity contribution < 1.29 is 14.6 Å². The molecule has 1 unspecified atom stereocenters. The Morgan fingerprint density at radius 1 is 1.07 bits per heavy atom. The van der Waals surface area contributed by atoms with E-state index in [0.717, 1.165) is 16.9 Å². The summed E-state index contributed by atoms with van der Waals surface area (Å²) in [5.74, 6) is 0.398. The molecule has 29 heavy (non-hydrogen) atoms. The van der Waals surface area contributed by atoms with E-state index in [4.69, 9.17) is 4.74 Å². The molecule has 1 atom stereocenters. The van der Waals surface area contributed by atoms with Gasteiger partial charge in [-0.1, -0.05) is 87.1 Å². The normalized spacial score (nSPS) is 13.4. The summed E-state index contributed by atoms with van der Waals surface area (Å²) in [6, 6.07) is 3.80. The van der Waals surface area contributed by atoms with E-state index in [1.165, 1.54) is 32.1 Å². The summed E-state index contributed by atoms with van der Waals surface area (Å²) in [6.45, 7) is 17.3. The molecule has 1 aromatic carbocycles. The molecule has 0 aliphatic carbocycles. The molecular formula is C25H42O3S. The quantitative estimate of drug-likeness (QED) is 0.319. The van der Waals surface area contributed by atoms with Crippen LogP contribution in [0, 0.1) is 0 Å². The van der Waals surface area contributed by atoms with Gasteiger partial charge in [0.25, 0.3) is 0 Å². The second-order valence-electron chi connectivity index (χ2n) is 10.1. The average molecular weight is 423 g/mol. The SMILES string of the molecule is CCCCCCC(C)SCCOC(=O)c1cc(C(C)(C)C)cc(C(C)(C)C)c1O. The summed E-state index contributed by atoms with van der Waals surface area (Å²) in [6.07, 6.45) is 6.35. The zero-order valence-corrected chi connectivity index (χ0v) is 20.7. The van der Waals surface area contributed by atoms with Crippen molar-refractivity contribution in [2.45, 2.75) is 104 Å². The first kappa shape index (κ1) is 25.9. The maximum Gasteiger partial charge on any atom is 0.341 e. The van der Waals surface area contributed by atoms with E-state index in [0.29, 0.717) is 11.9 Å². The molecule has 4 heteroatoms. The molecule has 0 saturated heterocycles. The Balaban J connectivity index is 2.74. The van der Waals surface area contributed by atoms with E-state index in [-0.39, 0.29) is 22.1 Å². The molecule has 0 radical (unpaired) electrons. The van der Waals surface area contributed by atoms with Gasteiger partial charge >= 0.3 is 5.97 Å². The molecule has 0 aliphatic heterocycles. The number of thioether (sulfide) groups is 1. The first-order valence-electron chi connectivity index (χ1n) is 11.0. The lowest BCUT2D eigenvalue weighted by molar-refractivity contribution is 0.0526. The van der Waals surface area contributed by atoms with E-state index in [1.807, 2.05) is 38.6 Å². The van der Waals surface area contributed by atoms with Crippen LogP contribution < -0.4 is 0 Å². The lowest BCUT2D eigenvalue weighted by Gasteiger charge is -2.27. The predicted molar refractivity (Wildman–Crippen MR) is 126 cm³/mol. The number of esters is 1. The van der Waals surface area contributed by atoms with Gasteiger partial charge in [-0.2, -0.15) is 11.8 Å². The third-order valence-electron chi connectivity index (χ3n) is 5.19. The van der Waals surface area contributed by atoms with Crippen molar-refractivity contribution in [3.05, 3.63) is 28.8 Å². The number of carbonyl (C=O) groups is 1. The van der Waals surface area contributed by atoms with Crippen molar-refractivity contribution in [2.24, 2.45) is 0 Å². The van der Waals surface area contributed by atoms with Crippen LogP contribution in [0.25, 0.3) is 0 Å². The van der Waals surface area contributed by atoms with Crippen LogP contribution in [-0.4, -0.2) is 28.7 Å². The summed E-state index contributed by atoms with van der Waals surface area (Å²) >= 11 is 1.85. The fourth-order valence-electron chi connectivity index (χ4n) is 3.20. The molecular weight excluding hydrogens is 380 g/mol. The number of hydrogen-bond donors (Lipinski definition) is 1. The molecule has 0 spiro atoms. The van der Waals surface area contributed by atoms with E-state index in [1.54, 1.807) is 6.07 Å². The highest BCUT2D eigenvalue weighted by Crippen LogP contribution is 2.38. The average Bonchev–Trinajstić information content (AvgIpc) is 2.60. The van der Waals surface area contributed by atoms with Crippen molar-refractivity contribution in [2.75, 3.05) is 12.4 Å². The molecule has 0 aromatic heterocycles. The van der Waals surface area contributed by atoms with Gasteiger partial charge in [0.05, 0.1) is 0 Å². The molecule has 3 nitrogen and oxygen atoms in total. The number of ether oxygens (including phenoxy) is 1. The first-order valence-corrected chi connectivity index (χ1v) is 12.1. The summed E-state index contributed by atoms with van der Waals surface area (Å²) in [4.78, 5) is 12.7. The molecule has 0 fully saturated rings. The maximum atomic E-state index is 12.7. The highest BCUT2D eigenvalue weighted by Gasteiger charge is 2.27. The number of hydrogen-bond acceptors (Lipinski definition) is 4. The largest absolute Gasteiger partial charge is 0.507 e. The Morgan fingerprint density at radius 3 is 2.28 bits per heavy atom. The first-order chi connectivity index (χ1) is 13.4. The minimum atomic E-state index is -0.435. The van der Waals surface area contributed by atoms with Crippen LogP contribution in [0.3, 0.4) is 0 Å². The van der Waals surface area contributed by atoms with E-state index in [9.17, 15) is 9.90 Å². The molecule has 1 rings (SSSR count). The zero-order valence-electron chi connectivity index (χ0n) is 19.9. The minimum absolute atomic E-state index is 0.0486. The summed E-state index contributed by atoms with van der Waals surface area (Å²) in [5.41, 5.74) is 1.71. The van der Waals surface area contributed by atoms with Crippen molar-refractivity contribution in [3.63, 3.8) is 0 Å². The van der Waals surface area contributed by atoms with Crippen molar-refractivity contribution in [3.8, 4) is 5.75 Å². The highest BCUT2D eigenvalue weighted by molar-refractivity contribution is 7.99. The highest BCUT2D eigenvalue weighted by atomic mass is 32.2. The van der Waals surface area contributed by atoms with Gasteiger partial charge in [0.15, 0.2) is 0 Å². The maximum absolute atomic E-state index is 12.7. The van der Waals surface area contributed by atoms with Gasteiger partial charge in [0, 0.05) is 16.6 Å². The van der Waals surface area contributed by atoms with E-state index in [2.05, 4.69) is 34.6 Å². The van der Waals surface area contributed by atoms with Crippen LogP contribution in [0.2, 0.25) is 0 Å². The fourth-order valence-corrected chi connectivity index (χ4v) is 4.11. The van der Waals surface area contributed by atoms with Gasteiger partial charge in [-0.25, -0.2) is 4.79 Å². The van der Waals surface area contributed by atoms with Gasteiger partial charge in [-0.05, 0) is 28.9 Å².